The third kappa shape index (κ3) is 6.26. The normalized spacial score (nSPS) is 10.4. The van der Waals surface area contributed by atoms with Crippen LogP contribution < -0.4 is 10.6 Å². The summed E-state index contributed by atoms with van der Waals surface area (Å²) in [6, 6.07) is 5.63. The van der Waals surface area contributed by atoms with Gasteiger partial charge in [-0.2, -0.15) is 0 Å². The molecule has 1 aromatic heterocycles. The summed E-state index contributed by atoms with van der Waals surface area (Å²) in [6.07, 6.45) is 0.459. The van der Waals surface area contributed by atoms with Crippen molar-refractivity contribution in [1.82, 2.24) is 10.3 Å². The molecule has 5 heteroatoms. The van der Waals surface area contributed by atoms with Gasteiger partial charge in [-0.05, 0) is 34.0 Å². The molecular weight excluding hydrogens is 282 g/mol. The molecule has 94 valence electrons. The van der Waals surface area contributed by atoms with E-state index in [9.17, 15) is 4.79 Å². The minimum atomic E-state index is 0.0706. The zero-order chi connectivity index (χ0) is 12.7. The summed E-state index contributed by atoms with van der Waals surface area (Å²) in [7, 11) is 0. The van der Waals surface area contributed by atoms with Crippen LogP contribution >= 0.6 is 15.9 Å². The fraction of sp³-hybridized carbons (Fsp3) is 0.500. The Hall–Kier alpha value is -1.10. The minimum absolute atomic E-state index is 0.0706. The molecular formula is C12H18BrN3O. The molecule has 0 atom stereocenters. The Morgan fingerprint density at radius 2 is 2.24 bits per heavy atom. The van der Waals surface area contributed by atoms with Crippen molar-refractivity contribution in [1.29, 1.82) is 0 Å². The Balaban J connectivity index is 2.21. The van der Waals surface area contributed by atoms with Crippen LogP contribution in [0.1, 0.15) is 20.3 Å². The first-order chi connectivity index (χ1) is 8.08. The zero-order valence-electron chi connectivity index (χ0n) is 10.2. The summed E-state index contributed by atoms with van der Waals surface area (Å²) in [5, 5.41) is 5.97. The van der Waals surface area contributed by atoms with Crippen molar-refractivity contribution < 1.29 is 4.79 Å². The van der Waals surface area contributed by atoms with Crippen LogP contribution in [0.15, 0.2) is 22.8 Å². The molecule has 0 saturated heterocycles. The summed E-state index contributed by atoms with van der Waals surface area (Å²) < 4.78 is 0.784. The Morgan fingerprint density at radius 3 is 2.88 bits per heavy atom. The lowest BCUT2D eigenvalue weighted by Crippen LogP contribution is -2.28. The van der Waals surface area contributed by atoms with E-state index in [2.05, 4.69) is 45.4 Å². The van der Waals surface area contributed by atoms with E-state index in [1.54, 1.807) is 0 Å². The minimum Gasteiger partial charge on any atom is -0.370 e. The van der Waals surface area contributed by atoms with Gasteiger partial charge in [-0.3, -0.25) is 4.79 Å². The molecule has 0 aromatic carbocycles. The standard InChI is InChI=1S/C12H18BrN3O/c1-9(2)8-15-12(17)6-7-14-11-5-3-4-10(13)16-11/h3-5,9H,6-8H2,1-2H3,(H,14,16)(H,15,17). The van der Waals surface area contributed by atoms with Crippen molar-refractivity contribution >= 4 is 27.7 Å². The number of carbonyl (C=O) groups excluding carboxylic acids is 1. The van der Waals surface area contributed by atoms with Gasteiger partial charge < -0.3 is 10.6 Å². The number of hydrogen-bond acceptors (Lipinski definition) is 3. The third-order valence-corrected chi connectivity index (χ3v) is 2.52. The lowest BCUT2D eigenvalue weighted by atomic mass is 10.2. The van der Waals surface area contributed by atoms with E-state index in [1.165, 1.54) is 0 Å². The summed E-state index contributed by atoms with van der Waals surface area (Å²) in [5.41, 5.74) is 0. The maximum absolute atomic E-state index is 11.4. The molecule has 0 spiro atoms. The van der Waals surface area contributed by atoms with Gasteiger partial charge in [0, 0.05) is 19.5 Å². The molecule has 0 bridgehead atoms. The summed E-state index contributed by atoms with van der Waals surface area (Å²) in [4.78, 5) is 15.6. The van der Waals surface area contributed by atoms with Crippen molar-refractivity contribution in [2.45, 2.75) is 20.3 Å². The molecule has 1 aromatic rings. The number of aromatic nitrogens is 1. The highest BCUT2D eigenvalue weighted by atomic mass is 79.9. The average Bonchev–Trinajstić information content (AvgIpc) is 2.26. The summed E-state index contributed by atoms with van der Waals surface area (Å²) >= 11 is 3.29. The first kappa shape index (κ1) is 14.0. The van der Waals surface area contributed by atoms with Gasteiger partial charge in [0.2, 0.25) is 5.91 Å². The maximum atomic E-state index is 11.4. The van der Waals surface area contributed by atoms with Crippen LogP contribution in [0.2, 0.25) is 0 Å². The van der Waals surface area contributed by atoms with Crippen LogP contribution in [0.3, 0.4) is 0 Å². The Bertz CT molecular complexity index is 369. The maximum Gasteiger partial charge on any atom is 0.221 e. The topological polar surface area (TPSA) is 54.0 Å². The second-order valence-corrected chi connectivity index (χ2v) is 5.03. The highest BCUT2D eigenvalue weighted by molar-refractivity contribution is 9.10. The summed E-state index contributed by atoms with van der Waals surface area (Å²) in [6.45, 7) is 5.47. The largest absolute Gasteiger partial charge is 0.370 e. The monoisotopic (exact) mass is 299 g/mol. The molecule has 0 aliphatic carbocycles. The number of pyridine rings is 1. The molecule has 0 radical (unpaired) electrons. The van der Waals surface area contributed by atoms with Gasteiger partial charge in [0.25, 0.3) is 0 Å². The second-order valence-electron chi connectivity index (χ2n) is 4.22. The molecule has 1 rings (SSSR count). The number of carbonyl (C=O) groups is 1. The number of nitrogens with one attached hydrogen (secondary N) is 2. The molecule has 0 aliphatic heterocycles. The number of nitrogens with zero attached hydrogens (tertiary/aromatic N) is 1. The predicted octanol–water partition coefficient (Wildman–Crippen LogP) is 2.42. The molecule has 17 heavy (non-hydrogen) atoms. The van der Waals surface area contributed by atoms with Crippen molar-refractivity contribution in [3.63, 3.8) is 0 Å². The van der Waals surface area contributed by atoms with Crippen LogP contribution in [0.25, 0.3) is 0 Å². The smallest absolute Gasteiger partial charge is 0.221 e. The first-order valence-electron chi connectivity index (χ1n) is 5.71. The fourth-order valence-corrected chi connectivity index (χ4v) is 1.56. The van der Waals surface area contributed by atoms with E-state index in [1.807, 2.05) is 18.2 Å². The molecule has 0 fully saturated rings. The first-order valence-corrected chi connectivity index (χ1v) is 6.50. The zero-order valence-corrected chi connectivity index (χ0v) is 11.8. The highest BCUT2D eigenvalue weighted by Crippen LogP contribution is 2.09. The van der Waals surface area contributed by atoms with E-state index in [-0.39, 0.29) is 5.91 Å². The lowest BCUT2D eigenvalue weighted by molar-refractivity contribution is -0.120. The number of rotatable bonds is 6. The van der Waals surface area contributed by atoms with E-state index < -0.39 is 0 Å². The number of amides is 1. The molecule has 0 unspecified atom stereocenters. The second kappa shape index (κ2) is 7.27. The number of halogens is 1. The van der Waals surface area contributed by atoms with Gasteiger partial charge in [0.1, 0.15) is 10.4 Å². The lowest BCUT2D eigenvalue weighted by Gasteiger charge is -2.08. The summed E-state index contributed by atoms with van der Waals surface area (Å²) in [5.74, 6) is 1.33. The molecule has 4 nitrogen and oxygen atoms in total. The van der Waals surface area contributed by atoms with Crippen molar-refractivity contribution in [2.75, 3.05) is 18.4 Å². The van der Waals surface area contributed by atoms with Gasteiger partial charge in [-0.15, -0.1) is 0 Å². The van der Waals surface area contributed by atoms with E-state index in [0.29, 0.717) is 18.9 Å². The van der Waals surface area contributed by atoms with Gasteiger partial charge in [0.15, 0.2) is 0 Å². The quantitative estimate of drug-likeness (QED) is 0.793. The van der Waals surface area contributed by atoms with Crippen LogP contribution in [0.4, 0.5) is 5.82 Å². The Labute approximate surface area is 110 Å². The third-order valence-electron chi connectivity index (χ3n) is 2.08. The Kier molecular flexibility index (Phi) is 5.97. The number of anilines is 1. The number of hydrogen-bond donors (Lipinski definition) is 2. The van der Waals surface area contributed by atoms with Crippen molar-refractivity contribution in [3.05, 3.63) is 22.8 Å². The average molecular weight is 300 g/mol. The van der Waals surface area contributed by atoms with Gasteiger partial charge in [-0.25, -0.2) is 4.98 Å². The van der Waals surface area contributed by atoms with Crippen LogP contribution in [-0.2, 0) is 4.79 Å². The Morgan fingerprint density at radius 1 is 1.47 bits per heavy atom. The molecule has 1 heterocycles. The van der Waals surface area contributed by atoms with Gasteiger partial charge >= 0.3 is 0 Å². The van der Waals surface area contributed by atoms with Crippen molar-refractivity contribution in [2.24, 2.45) is 5.92 Å². The van der Waals surface area contributed by atoms with Crippen LogP contribution in [-0.4, -0.2) is 24.0 Å². The van der Waals surface area contributed by atoms with Crippen LogP contribution in [0.5, 0.6) is 0 Å². The highest BCUT2D eigenvalue weighted by Gasteiger charge is 2.02. The SMILES string of the molecule is CC(C)CNC(=O)CCNc1cccc(Br)n1. The predicted molar refractivity (Wildman–Crippen MR) is 72.9 cm³/mol. The molecule has 0 saturated carbocycles. The van der Waals surface area contributed by atoms with Crippen molar-refractivity contribution in [3.8, 4) is 0 Å². The van der Waals surface area contributed by atoms with Crippen LogP contribution in [0, 0.1) is 5.92 Å². The van der Waals surface area contributed by atoms with Gasteiger partial charge in [0.05, 0.1) is 0 Å². The molecule has 2 N–H and O–H groups in total. The van der Waals surface area contributed by atoms with Gasteiger partial charge in [-0.1, -0.05) is 19.9 Å². The van der Waals surface area contributed by atoms with E-state index in [0.717, 1.165) is 17.0 Å². The van der Waals surface area contributed by atoms with E-state index >= 15 is 0 Å². The molecule has 1 amide bonds. The van der Waals surface area contributed by atoms with E-state index in [4.69, 9.17) is 0 Å². The fourth-order valence-electron chi connectivity index (χ4n) is 1.22. The molecule has 0 aliphatic rings.